The molecule has 2 aromatic heterocycles. The van der Waals surface area contributed by atoms with Crippen molar-refractivity contribution >= 4 is 23.4 Å². The summed E-state index contributed by atoms with van der Waals surface area (Å²) < 4.78 is 38.8. The molecule has 0 bridgehead atoms. The predicted octanol–water partition coefficient (Wildman–Crippen LogP) is 5.66. The molecule has 2 heterocycles. The number of rotatable bonds is 6. The van der Waals surface area contributed by atoms with Crippen molar-refractivity contribution in [2.75, 3.05) is 10.6 Å². The van der Waals surface area contributed by atoms with Gasteiger partial charge < -0.3 is 15.7 Å². The van der Waals surface area contributed by atoms with E-state index >= 15 is 0 Å². The van der Waals surface area contributed by atoms with Crippen LogP contribution in [0, 0.1) is 12.8 Å². The summed E-state index contributed by atoms with van der Waals surface area (Å²) in [6.07, 6.45) is 1.12. The van der Waals surface area contributed by atoms with E-state index in [1.165, 1.54) is 0 Å². The van der Waals surface area contributed by atoms with Crippen molar-refractivity contribution in [1.82, 2.24) is 15.0 Å². The highest BCUT2D eigenvalue weighted by Crippen LogP contribution is 2.30. The highest BCUT2D eigenvalue weighted by atomic mass is 19.4. The summed E-state index contributed by atoms with van der Waals surface area (Å²) in [7, 11) is 0. The smallest absolute Gasteiger partial charge is 0.433 e. The van der Waals surface area contributed by atoms with Crippen molar-refractivity contribution in [3.05, 3.63) is 60.0 Å². The summed E-state index contributed by atoms with van der Waals surface area (Å²) in [6.45, 7) is 1.89. The number of carboxylic acids is 1. The monoisotopic (exact) mass is 471 g/mol. The van der Waals surface area contributed by atoms with E-state index < -0.39 is 17.8 Å². The van der Waals surface area contributed by atoms with Gasteiger partial charge in [-0.3, -0.25) is 4.79 Å². The fourth-order valence-corrected chi connectivity index (χ4v) is 4.07. The zero-order valence-electron chi connectivity index (χ0n) is 18.4. The fourth-order valence-electron chi connectivity index (χ4n) is 4.07. The second kappa shape index (κ2) is 9.66. The molecule has 0 saturated heterocycles. The summed E-state index contributed by atoms with van der Waals surface area (Å²) in [5, 5.41) is 15.3. The highest BCUT2D eigenvalue weighted by molar-refractivity contribution is 5.71. The number of carbonyl (C=O) groups is 1. The molecule has 34 heavy (non-hydrogen) atoms. The van der Waals surface area contributed by atoms with Crippen LogP contribution in [0.5, 0.6) is 0 Å². The number of aryl methyl sites for hydroxylation is 1. The molecule has 1 saturated carbocycles. The van der Waals surface area contributed by atoms with Crippen LogP contribution in [-0.4, -0.2) is 32.1 Å². The first-order valence-corrected chi connectivity index (χ1v) is 10.9. The molecule has 10 heteroatoms. The summed E-state index contributed by atoms with van der Waals surface area (Å²) in [5.41, 5.74) is 2.14. The van der Waals surface area contributed by atoms with E-state index in [-0.39, 0.29) is 17.9 Å². The Morgan fingerprint density at radius 2 is 1.79 bits per heavy atom. The van der Waals surface area contributed by atoms with Crippen molar-refractivity contribution in [3.63, 3.8) is 0 Å². The van der Waals surface area contributed by atoms with Crippen molar-refractivity contribution < 1.29 is 23.1 Å². The molecule has 0 spiro atoms. The number of hydrogen-bond acceptors (Lipinski definition) is 6. The number of halogens is 3. The van der Waals surface area contributed by atoms with Gasteiger partial charge in [0, 0.05) is 29.7 Å². The molecule has 1 fully saturated rings. The van der Waals surface area contributed by atoms with Gasteiger partial charge in [-0.15, -0.1) is 0 Å². The molecule has 1 aliphatic rings. The van der Waals surface area contributed by atoms with E-state index in [1.54, 1.807) is 18.3 Å². The van der Waals surface area contributed by atoms with Crippen LogP contribution in [-0.2, 0) is 11.0 Å². The van der Waals surface area contributed by atoms with Gasteiger partial charge in [-0.25, -0.2) is 15.0 Å². The van der Waals surface area contributed by atoms with Crippen LogP contribution < -0.4 is 10.6 Å². The molecule has 4 rings (SSSR count). The minimum absolute atomic E-state index is 0.137. The van der Waals surface area contributed by atoms with Gasteiger partial charge in [0.2, 0.25) is 5.95 Å². The molecule has 3 aromatic rings. The zero-order chi connectivity index (χ0) is 24.3. The minimum Gasteiger partial charge on any atom is -0.481 e. The van der Waals surface area contributed by atoms with Crippen molar-refractivity contribution in [1.29, 1.82) is 0 Å². The van der Waals surface area contributed by atoms with Gasteiger partial charge in [-0.2, -0.15) is 13.2 Å². The summed E-state index contributed by atoms with van der Waals surface area (Å²) in [5.74, 6) is -0.418. The number of nitrogens with one attached hydrogen (secondary N) is 2. The fraction of sp³-hybridized carbons (Fsp3) is 0.333. The van der Waals surface area contributed by atoms with Crippen molar-refractivity contribution in [3.8, 4) is 11.1 Å². The average molecular weight is 471 g/mol. The third-order valence-electron chi connectivity index (χ3n) is 5.80. The highest BCUT2D eigenvalue weighted by Gasteiger charge is 2.32. The van der Waals surface area contributed by atoms with Crippen LogP contribution in [0.1, 0.15) is 36.9 Å². The van der Waals surface area contributed by atoms with Crippen LogP contribution in [0.15, 0.2) is 48.8 Å². The molecular formula is C24H24F3N5O2. The van der Waals surface area contributed by atoms with E-state index in [1.807, 2.05) is 25.1 Å². The Balaban J connectivity index is 1.45. The maximum atomic E-state index is 12.9. The normalized spacial score (nSPS) is 18.4. The number of aliphatic carboxylic acids is 1. The Bertz CT molecular complexity index is 1160. The second-order valence-corrected chi connectivity index (χ2v) is 8.44. The maximum absolute atomic E-state index is 12.9. The molecular weight excluding hydrogens is 447 g/mol. The number of aromatic nitrogens is 3. The quantitative estimate of drug-likeness (QED) is 0.426. The molecule has 0 radical (unpaired) electrons. The molecule has 1 aliphatic carbocycles. The average Bonchev–Trinajstić information content (AvgIpc) is 2.79. The van der Waals surface area contributed by atoms with Crippen LogP contribution in [0.3, 0.4) is 0 Å². The molecule has 178 valence electrons. The first kappa shape index (κ1) is 23.5. The first-order valence-electron chi connectivity index (χ1n) is 10.9. The summed E-state index contributed by atoms with van der Waals surface area (Å²) in [4.78, 5) is 23.0. The lowest BCUT2D eigenvalue weighted by Crippen LogP contribution is -2.29. The molecule has 0 unspecified atom stereocenters. The van der Waals surface area contributed by atoms with Crippen molar-refractivity contribution in [2.24, 2.45) is 5.92 Å². The summed E-state index contributed by atoms with van der Waals surface area (Å²) in [6, 6.07) is 10.3. The minimum atomic E-state index is -4.55. The largest absolute Gasteiger partial charge is 0.481 e. The van der Waals surface area contributed by atoms with Gasteiger partial charge in [-0.05, 0) is 74.1 Å². The third-order valence-corrected chi connectivity index (χ3v) is 5.80. The van der Waals surface area contributed by atoms with Gasteiger partial charge in [-0.1, -0.05) is 6.07 Å². The van der Waals surface area contributed by atoms with Gasteiger partial charge in [0.05, 0.1) is 5.92 Å². The second-order valence-electron chi connectivity index (χ2n) is 8.44. The SMILES string of the molecule is Cc1cc(Nc2nccc(C(F)(F)F)n2)cc(-c2ccc(NC3CCC(C(=O)O)CC3)nc2)c1. The Morgan fingerprint density at radius 1 is 1.03 bits per heavy atom. The van der Waals surface area contributed by atoms with Crippen LogP contribution in [0.4, 0.5) is 30.6 Å². The maximum Gasteiger partial charge on any atom is 0.433 e. The lowest BCUT2D eigenvalue weighted by Gasteiger charge is -2.27. The lowest BCUT2D eigenvalue weighted by molar-refractivity contribution is -0.143. The molecule has 7 nitrogen and oxygen atoms in total. The number of carboxylic acid groups (broad SMARTS) is 1. The van der Waals surface area contributed by atoms with E-state index in [4.69, 9.17) is 5.11 Å². The molecule has 3 N–H and O–H groups in total. The van der Waals surface area contributed by atoms with Gasteiger partial charge in [0.15, 0.2) is 0 Å². The van der Waals surface area contributed by atoms with E-state index in [9.17, 15) is 18.0 Å². The topological polar surface area (TPSA) is 100 Å². The Kier molecular flexibility index (Phi) is 6.67. The van der Waals surface area contributed by atoms with E-state index in [2.05, 4.69) is 25.6 Å². The van der Waals surface area contributed by atoms with Gasteiger partial charge in [0.1, 0.15) is 11.5 Å². The predicted molar refractivity (Wildman–Crippen MR) is 122 cm³/mol. The van der Waals surface area contributed by atoms with Gasteiger partial charge in [0.25, 0.3) is 0 Å². The molecule has 0 atom stereocenters. The lowest BCUT2D eigenvalue weighted by atomic mass is 9.86. The van der Waals surface area contributed by atoms with Crippen LogP contribution in [0.2, 0.25) is 0 Å². The van der Waals surface area contributed by atoms with Crippen molar-refractivity contribution in [2.45, 2.75) is 44.8 Å². The number of nitrogens with zero attached hydrogens (tertiary/aromatic N) is 3. The number of hydrogen-bond donors (Lipinski definition) is 3. The Hall–Kier alpha value is -3.69. The third kappa shape index (κ3) is 5.81. The van der Waals surface area contributed by atoms with Crippen LogP contribution in [0.25, 0.3) is 11.1 Å². The molecule has 0 aliphatic heterocycles. The van der Waals surface area contributed by atoms with E-state index in [0.29, 0.717) is 24.3 Å². The Morgan fingerprint density at radius 3 is 2.44 bits per heavy atom. The standard InChI is InChI=1S/C24H24F3N5O2/c1-14-10-17(12-19(11-14)31-23-28-9-8-20(32-23)24(25,26)27)16-4-7-21(29-13-16)30-18-5-2-15(3-6-18)22(33)34/h4,7-13,15,18H,2-3,5-6H2,1H3,(H,29,30)(H,33,34)(H,28,31,32). The number of anilines is 3. The first-order chi connectivity index (χ1) is 16.2. The Labute approximate surface area is 194 Å². The molecule has 1 aromatic carbocycles. The van der Waals surface area contributed by atoms with E-state index in [0.717, 1.165) is 41.8 Å². The number of pyridine rings is 1. The number of alkyl halides is 3. The zero-order valence-corrected chi connectivity index (χ0v) is 18.4. The number of benzene rings is 1. The van der Waals surface area contributed by atoms with Crippen LogP contribution >= 0.6 is 0 Å². The van der Waals surface area contributed by atoms with Gasteiger partial charge >= 0.3 is 12.1 Å². The molecule has 0 amide bonds. The summed E-state index contributed by atoms with van der Waals surface area (Å²) >= 11 is 0.